The Labute approximate surface area is 136 Å². The van der Waals surface area contributed by atoms with Gasteiger partial charge in [-0.25, -0.2) is 0 Å². The Hall–Kier alpha value is -1.88. The maximum absolute atomic E-state index is 12.6. The van der Waals surface area contributed by atoms with E-state index in [0.29, 0.717) is 25.4 Å². The van der Waals surface area contributed by atoms with Crippen LogP contribution in [0.1, 0.15) is 24.8 Å². The van der Waals surface area contributed by atoms with Gasteiger partial charge in [-0.05, 0) is 44.2 Å². The smallest absolute Gasteiger partial charge is 0.239 e. The van der Waals surface area contributed by atoms with E-state index in [4.69, 9.17) is 0 Å². The first-order chi connectivity index (χ1) is 11.0. The SMILES string of the molecule is Cc1ccc(N2CCC(C(=O)N(C)CC(O)C3CC3)C2=O)cc1. The van der Waals surface area contributed by atoms with Crippen molar-refractivity contribution in [3.8, 4) is 0 Å². The lowest BCUT2D eigenvalue weighted by Gasteiger charge is -2.23. The van der Waals surface area contributed by atoms with Crippen molar-refractivity contribution >= 4 is 17.5 Å². The molecule has 23 heavy (non-hydrogen) atoms. The third kappa shape index (κ3) is 3.39. The van der Waals surface area contributed by atoms with E-state index < -0.39 is 12.0 Å². The Kier molecular flexibility index (Phi) is 4.39. The van der Waals surface area contributed by atoms with Gasteiger partial charge in [-0.2, -0.15) is 0 Å². The van der Waals surface area contributed by atoms with Crippen molar-refractivity contribution in [2.45, 2.75) is 32.3 Å². The number of hydrogen-bond donors (Lipinski definition) is 1. The van der Waals surface area contributed by atoms with E-state index in [-0.39, 0.29) is 11.8 Å². The van der Waals surface area contributed by atoms with Crippen LogP contribution in [0.5, 0.6) is 0 Å². The molecule has 1 heterocycles. The Morgan fingerprint density at radius 2 is 1.96 bits per heavy atom. The van der Waals surface area contributed by atoms with Crippen molar-refractivity contribution in [2.24, 2.45) is 11.8 Å². The fourth-order valence-electron chi connectivity index (χ4n) is 3.16. The topological polar surface area (TPSA) is 60.9 Å². The van der Waals surface area contributed by atoms with E-state index in [1.165, 1.54) is 4.90 Å². The molecule has 2 aliphatic rings. The number of aryl methyl sites for hydroxylation is 1. The fraction of sp³-hybridized carbons (Fsp3) is 0.556. The molecule has 1 aliphatic carbocycles. The van der Waals surface area contributed by atoms with Crippen molar-refractivity contribution in [1.29, 1.82) is 0 Å². The second-order valence-electron chi connectivity index (χ2n) is 6.79. The summed E-state index contributed by atoms with van der Waals surface area (Å²) in [5.41, 5.74) is 1.98. The van der Waals surface area contributed by atoms with Gasteiger partial charge in [0.2, 0.25) is 11.8 Å². The van der Waals surface area contributed by atoms with Crippen LogP contribution in [0.3, 0.4) is 0 Å². The predicted molar refractivity (Wildman–Crippen MR) is 88.0 cm³/mol. The molecule has 1 aromatic rings. The molecule has 1 saturated carbocycles. The summed E-state index contributed by atoms with van der Waals surface area (Å²) in [5.74, 6) is -0.600. The van der Waals surface area contributed by atoms with Crippen molar-refractivity contribution in [2.75, 3.05) is 25.0 Å². The normalized spacial score (nSPS) is 22.3. The van der Waals surface area contributed by atoms with Crippen LogP contribution in [0.2, 0.25) is 0 Å². The molecule has 0 spiro atoms. The molecule has 0 aromatic heterocycles. The lowest BCUT2D eigenvalue weighted by Crippen LogP contribution is -2.41. The third-order valence-electron chi connectivity index (χ3n) is 4.85. The summed E-state index contributed by atoms with van der Waals surface area (Å²) in [6.07, 6.45) is 2.14. The van der Waals surface area contributed by atoms with Gasteiger partial charge in [-0.3, -0.25) is 9.59 Å². The monoisotopic (exact) mass is 316 g/mol. The molecule has 0 radical (unpaired) electrons. The summed E-state index contributed by atoms with van der Waals surface area (Å²) in [4.78, 5) is 28.3. The Bertz CT molecular complexity index is 595. The molecule has 3 rings (SSSR count). The molecule has 5 nitrogen and oxygen atoms in total. The molecular weight excluding hydrogens is 292 g/mol. The molecule has 2 atom stereocenters. The number of aliphatic hydroxyl groups excluding tert-OH is 1. The Balaban J connectivity index is 1.63. The van der Waals surface area contributed by atoms with Gasteiger partial charge in [0.1, 0.15) is 5.92 Å². The van der Waals surface area contributed by atoms with Crippen LogP contribution in [0.4, 0.5) is 5.69 Å². The van der Waals surface area contributed by atoms with Gasteiger partial charge in [0, 0.05) is 25.8 Å². The van der Waals surface area contributed by atoms with Gasteiger partial charge in [0.05, 0.1) is 6.10 Å². The highest BCUT2D eigenvalue weighted by atomic mass is 16.3. The number of aliphatic hydroxyl groups is 1. The highest BCUT2D eigenvalue weighted by Crippen LogP contribution is 2.33. The highest BCUT2D eigenvalue weighted by molar-refractivity contribution is 6.09. The van der Waals surface area contributed by atoms with Crippen molar-refractivity contribution in [3.63, 3.8) is 0 Å². The molecule has 5 heteroatoms. The molecular formula is C18H24N2O3. The van der Waals surface area contributed by atoms with Gasteiger partial charge in [-0.1, -0.05) is 17.7 Å². The first-order valence-electron chi connectivity index (χ1n) is 8.28. The van der Waals surface area contributed by atoms with Gasteiger partial charge in [0.15, 0.2) is 0 Å². The van der Waals surface area contributed by atoms with Crippen molar-refractivity contribution in [3.05, 3.63) is 29.8 Å². The summed E-state index contributed by atoms with van der Waals surface area (Å²) in [6.45, 7) is 2.89. The van der Waals surface area contributed by atoms with E-state index in [1.807, 2.05) is 31.2 Å². The fourth-order valence-corrected chi connectivity index (χ4v) is 3.16. The Morgan fingerprint density at radius 1 is 1.30 bits per heavy atom. The van der Waals surface area contributed by atoms with Gasteiger partial charge in [-0.15, -0.1) is 0 Å². The number of amides is 2. The second-order valence-corrected chi connectivity index (χ2v) is 6.79. The van der Waals surface area contributed by atoms with Crippen LogP contribution < -0.4 is 4.90 Å². The molecule has 1 aliphatic heterocycles. The summed E-state index contributed by atoms with van der Waals surface area (Å²) in [7, 11) is 1.68. The summed E-state index contributed by atoms with van der Waals surface area (Å²) in [5, 5.41) is 9.98. The average molecular weight is 316 g/mol. The minimum atomic E-state index is -0.618. The van der Waals surface area contributed by atoms with Crippen molar-refractivity contribution in [1.82, 2.24) is 4.90 Å². The van der Waals surface area contributed by atoms with Gasteiger partial charge >= 0.3 is 0 Å². The largest absolute Gasteiger partial charge is 0.391 e. The molecule has 1 N–H and O–H groups in total. The molecule has 2 fully saturated rings. The van der Waals surface area contributed by atoms with Crippen LogP contribution in [0, 0.1) is 18.8 Å². The number of benzene rings is 1. The number of hydrogen-bond acceptors (Lipinski definition) is 3. The number of likely N-dealkylation sites (N-methyl/N-ethyl adjacent to an activating group) is 1. The number of carbonyl (C=O) groups excluding carboxylic acids is 2. The third-order valence-corrected chi connectivity index (χ3v) is 4.85. The van der Waals surface area contributed by atoms with E-state index in [1.54, 1.807) is 11.9 Å². The molecule has 2 unspecified atom stereocenters. The number of nitrogens with zero attached hydrogens (tertiary/aromatic N) is 2. The quantitative estimate of drug-likeness (QED) is 0.839. The first kappa shape index (κ1) is 16.0. The number of rotatable bonds is 5. The maximum atomic E-state index is 12.6. The van der Waals surface area contributed by atoms with E-state index in [9.17, 15) is 14.7 Å². The molecule has 2 amide bonds. The number of anilines is 1. The summed E-state index contributed by atoms with van der Waals surface area (Å²) < 4.78 is 0. The summed E-state index contributed by atoms with van der Waals surface area (Å²) >= 11 is 0. The first-order valence-corrected chi connectivity index (χ1v) is 8.28. The van der Waals surface area contributed by atoms with Crippen LogP contribution in [0.25, 0.3) is 0 Å². The predicted octanol–water partition coefficient (Wildman–Crippen LogP) is 1.58. The van der Waals surface area contributed by atoms with E-state index in [0.717, 1.165) is 24.1 Å². The minimum absolute atomic E-state index is 0.133. The molecule has 1 aromatic carbocycles. The van der Waals surface area contributed by atoms with Crippen LogP contribution >= 0.6 is 0 Å². The van der Waals surface area contributed by atoms with Crippen LogP contribution in [-0.4, -0.2) is 48.1 Å². The molecule has 0 bridgehead atoms. The zero-order valence-corrected chi connectivity index (χ0v) is 13.7. The van der Waals surface area contributed by atoms with Crippen LogP contribution in [0.15, 0.2) is 24.3 Å². The standard InChI is InChI=1S/C18H24N2O3/c1-12-3-7-14(8-4-12)20-10-9-15(18(20)23)17(22)19(2)11-16(21)13-5-6-13/h3-4,7-8,13,15-16,21H,5-6,9-11H2,1-2H3. The van der Waals surface area contributed by atoms with Gasteiger partial charge < -0.3 is 14.9 Å². The zero-order valence-electron chi connectivity index (χ0n) is 13.7. The number of carbonyl (C=O) groups is 2. The second kappa shape index (κ2) is 6.32. The lowest BCUT2D eigenvalue weighted by atomic mass is 10.1. The Morgan fingerprint density at radius 3 is 2.57 bits per heavy atom. The lowest BCUT2D eigenvalue weighted by molar-refractivity contribution is -0.140. The van der Waals surface area contributed by atoms with E-state index in [2.05, 4.69) is 0 Å². The average Bonchev–Trinajstić information content (AvgIpc) is 3.31. The van der Waals surface area contributed by atoms with E-state index >= 15 is 0 Å². The van der Waals surface area contributed by atoms with Crippen molar-refractivity contribution < 1.29 is 14.7 Å². The van der Waals surface area contributed by atoms with Gasteiger partial charge in [0.25, 0.3) is 0 Å². The molecule has 1 saturated heterocycles. The zero-order chi connectivity index (χ0) is 16.6. The molecule has 124 valence electrons. The van der Waals surface area contributed by atoms with Crippen LogP contribution in [-0.2, 0) is 9.59 Å². The summed E-state index contributed by atoms with van der Waals surface area (Å²) in [6, 6.07) is 7.77. The highest BCUT2D eigenvalue weighted by Gasteiger charge is 2.40. The minimum Gasteiger partial charge on any atom is -0.391 e. The maximum Gasteiger partial charge on any atom is 0.239 e.